The summed E-state index contributed by atoms with van der Waals surface area (Å²) in [5.74, 6) is 0.546. The maximum atomic E-state index is 12.3. The Bertz CT molecular complexity index is 708. The van der Waals surface area contributed by atoms with E-state index in [1.807, 2.05) is 70.0 Å². The van der Waals surface area contributed by atoms with Crippen molar-refractivity contribution >= 4 is 33.1 Å². The molecule has 0 saturated heterocycles. The van der Waals surface area contributed by atoms with Gasteiger partial charge in [-0.25, -0.2) is 4.79 Å². The molecular formula is C18H26N2O3S. The lowest BCUT2D eigenvalue weighted by molar-refractivity contribution is 0.0487. The van der Waals surface area contributed by atoms with Crippen molar-refractivity contribution in [2.75, 3.05) is 46.2 Å². The molecule has 6 heteroatoms. The molecule has 24 heavy (non-hydrogen) atoms. The summed E-state index contributed by atoms with van der Waals surface area (Å²) in [5, 5.41) is 1.04. The maximum absolute atomic E-state index is 12.3. The molecule has 5 nitrogen and oxygen atoms in total. The Morgan fingerprint density at radius 1 is 1.17 bits per heavy atom. The number of hydrogen-bond donors (Lipinski definition) is 0. The van der Waals surface area contributed by atoms with E-state index in [9.17, 15) is 4.79 Å². The number of fused-ring (bicyclic) bond motifs is 1. The van der Waals surface area contributed by atoms with Gasteiger partial charge in [-0.1, -0.05) is 0 Å². The Balaban J connectivity index is 2.31. The van der Waals surface area contributed by atoms with Crippen LogP contribution >= 0.6 is 11.3 Å². The van der Waals surface area contributed by atoms with Crippen LogP contribution in [0.5, 0.6) is 5.75 Å². The van der Waals surface area contributed by atoms with Gasteiger partial charge in [0.1, 0.15) is 17.2 Å². The van der Waals surface area contributed by atoms with Gasteiger partial charge in [-0.3, -0.25) is 0 Å². The van der Waals surface area contributed by atoms with Crippen molar-refractivity contribution < 1.29 is 14.3 Å². The van der Waals surface area contributed by atoms with Gasteiger partial charge in [-0.2, -0.15) is 0 Å². The first-order valence-corrected chi connectivity index (χ1v) is 8.83. The molecule has 0 unspecified atom stereocenters. The standard InChI is InChI=1S/C18H26N2O3S/c1-12(2)23-13-9-15(20(5)6)14-11-17(24-16(14)10-13)18(21)22-8-7-19(3)4/h9-12H,7-8H2,1-6H3. The van der Waals surface area contributed by atoms with Gasteiger partial charge < -0.3 is 19.3 Å². The summed E-state index contributed by atoms with van der Waals surface area (Å²) in [6, 6.07) is 5.91. The van der Waals surface area contributed by atoms with Crippen LogP contribution in [0.15, 0.2) is 18.2 Å². The minimum Gasteiger partial charge on any atom is -0.491 e. The van der Waals surface area contributed by atoms with Crippen LogP contribution in [-0.2, 0) is 4.74 Å². The maximum Gasteiger partial charge on any atom is 0.348 e. The highest BCUT2D eigenvalue weighted by molar-refractivity contribution is 7.20. The molecular weight excluding hydrogens is 324 g/mol. The highest BCUT2D eigenvalue weighted by atomic mass is 32.1. The van der Waals surface area contributed by atoms with E-state index in [1.165, 1.54) is 11.3 Å². The van der Waals surface area contributed by atoms with Crippen molar-refractivity contribution in [2.45, 2.75) is 20.0 Å². The molecule has 2 aromatic rings. The summed E-state index contributed by atoms with van der Waals surface area (Å²) in [6.45, 7) is 5.11. The fraction of sp³-hybridized carbons (Fsp3) is 0.500. The highest BCUT2D eigenvalue weighted by Crippen LogP contribution is 2.37. The molecule has 0 spiro atoms. The average Bonchev–Trinajstić information content (AvgIpc) is 2.88. The summed E-state index contributed by atoms with van der Waals surface area (Å²) < 4.78 is 12.2. The molecule has 1 aromatic carbocycles. The second-order valence-corrected chi connectivity index (χ2v) is 7.55. The number of carbonyl (C=O) groups is 1. The fourth-order valence-electron chi connectivity index (χ4n) is 2.30. The van der Waals surface area contributed by atoms with Crippen molar-refractivity contribution in [3.63, 3.8) is 0 Å². The lowest BCUT2D eigenvalue weighted by Crippen LogP contribution is -2.19. The largest absolute Gasteiger partial charge is 0.491 e. The molecule has 0 aliphatic carbocycles. The summed E-state index contributed by atoms with van der Waals surface area (Å²) >= 11 is 1.44. The minimum absolute atomic E-state index is 0.105. The predicted octanol–water partition coefficient (Wildman–Crippen LogP) is 3.47. The van der Waals surface area contributed by atoms with Crippen LogP contribution in [0.1, 0.15) is 23.5 Å². The van der Waals surface area contributed by atoms with Gasteiger partial charge in [0, 0.05) is 42.5 Å². The van der Waals surface area contributed by atoms with Crippen LogP contribution in [0.2, 0.25) is 0 Å². The zero-order valence-electron chi connectivity index (χ0n) is 15.3. The van der Waals surface area contributed by atoms with E-state index < -0.39 is 0 Å². The average molecular weight is 350 g/mol. The van der Waals surface area contributed by atoms with Crippen molar-refractivity contribution in [2.24, 2.45) is 0 Å². The van der Waals surface area contributed by atoms with Gasteiger partial charge in [0.15, 0.2) is 0 Å². The van der Waals surface area contributed by atoms with Gasteiger partial charge in [0.2, 0.25) is 0 Å². The summed E-state index contributed by atoms with van der Waals surface area (Å²) in [5.41, 5.74) is 1.03. The molecule has 0 radical (unpaired) electrons. The van der Waals surface area contributed by atoms with Crippen LogP contribution in [0.3, 0.4) is 0 Å². The first kappa shape index (κ1) is 18.5. The number of carbonyl (C=O) groups excluding carboxylic acids is 1. The lowest BCUT2D eigenvalue weighted by atomic mass is 10.2. The normalized spacial score (nSPS) is 11.3. The number of ether oxygens (including phenoxy) is 2. The van der Waals surface area contributed by atoms with E-state index in [0.717, 1.165) is 21.5 Å². The van der Waals surface area contributed by atoms with Crippen molar-refractivity contribution in [3.8, 4) is 5.75 Å². The van der Waals surface area contributed by atoms with Crippen LogP contribution in [0.4, 0.5) is 5.69 Å². The Kier molecular flexibility index (Phi) is 6.07. The second kappa shape index (κ2) is 7.85. The Labute approximate surface area is 147 Å². The molecule has 0 fully saturated rings. The molecule has 0 atom stereocenters. The topological polar surface area (TPSA) is 42.0 Å². The molecule has 1 heterocycles. The van der Waals surface area contributed by atoms with E-state index in [2.05, 4.69) is 0 Å². The quantitative estimate of drug-likeness (QED) is 0.715. The highest BCUT2D eigenvalue weighted by Gasteiger charge is 2.16. The first-order chi connectivity index (χ1) is 11.3. The third-order valence-electron chi connectivity index (χ3n) is 3.42. The van der Waals surface area contributed by atoms with Crippen LogP contribution in [0, 0.1) is 0 Å². The number of nitrogens with zero attached hydrogens (tertiary/aromatic N) is 2. The number of benzene rings is 1. The number of esters is 1. The summed E-state index contributed by atoms with van der Waals surface area (Å²) in [4.78, 5) is 16.9. The minimum atomic E-state index is -0.269. The van der Waals surface area contributed by atoms with Gasteiger partial charge in [0.05, 0.1) is 6.10 Å². The molecule has 2 rings (SSSR count). The zero-order chi connectivity index (χ0) is 17.9. The number of thiophene rings is 1. The van der Waals surface area contributed by atoms with E-state index in [1.54, 1.807) is 0 Å². The molecule has 0 aliphatic heterocycles. The smallest absolute Gasteiger partial charge is 0.348 e. The van der Waals surface area contributed by atoms with Crippen molar-refractivity contribution in [3.05, 3.63) is 23.1 Å². The molecule has 132 valence electrons. The van der Waals surface area contributed by atoms with Gasteiger partial charge >= 0.3 is 5.97 Å². The van der Waals surface area contributed by atoms with Gasteiger partial charge in [0.25, 0.3) is 0 Å². The number of rotatable bonds is 7. The second-order valence-electron chi connectivity index (χ2n) is 6.47. The van der Waals surface area contributed by atoms with E-state index in [4.69, 9.17) is 9.47 Å². The SMILES string of the molecule is CC(C)Oc1cc(N(C)C)c2cc(C(=O)OCCN(C)C)sc2c1. The third kappa shape index (κ3) is 4.61. The first-order valence-electron chi connectivity index (χ1n) is 8.01. The fourth-order valence-corrected chi connectivity index (χ4v) is 3.30. The van der Waals surface area contributed by atoms with E-state index in [0.29, 0.717) is 18.0 Å². The van der Waals surface area contributed by atoms with E-state index in [-0.39, 0.29) is 12.1 Å². The molecule has 0 amide bonds. The Hall–Kier alpha value is -1.79. The van der Waals surface area contributed by atoms with Crippen molar-refractivity contribution in [1.29, 1.82) is 0 Å². The Morgan fingerprint density at radius 3 is 2.46 bits per heavy atom. The summed E-state index contributed by atoms with van der Waals surface area (Å²) in [7, 11) is 7.88. The molecule has 0 aliphatic rings. The van der Waals surface area contributed by atoms with Crippen LogP contribution in [0.25, 0.3) is 10.1 Å². The molecule has 0 bridgehead atoms. The van der Waals surface area contributed by atoms with Crippen LogP contribution < -0.4 is 9.64 Å². The molecule has 0 saturated carbocycles. The summed E-state index contributed by atoms with van der Waals surface area (Å²) in [6.07, 6.45) is 0.105. The number of likely N-dealkylation sites (N-methyl/N-ethyl adjacent to an activating group) is 1. The van der Waals surface area contributed by atoms with Crippen molar-refractivity contribution in [1.82, 2.24) is 4.90 Å². The monoisotopic (exact) mass is 350 g/mol. The zero-order valence-corrected chi connectivity index (χ0v) is 16.1. The number of anilines is 1. The van der Waals surface area contributed by atoms with Gasteiger partial charge in [-0.15, -0.1) is 11.3 Å². The number of hydrogen-bond acceptors (Lipinski definition) is 6. The third-order valence-corrected chi connectivity index (χ3v) is 4.48. The Morgan fingerprint density at radius 2 is 1.88 bits per heavy atom. The molecule has 1 aromatic heterocycles. The predicted molar refractivity (Wildman–Crippen MR) is 101 cm³/mol. The van der Waals surface area contributed by atoms with Crippen LogP contribution in [-0.4, -0.2) is 58.3 Å². The molecule has 0 N–H and O–H groups in total. The lowest BCUT2D eigenvalue weighted by Gasteiger charge is -2.17. The van der Waals surface area contributed by atoms with Gasteiger partial charge in [-0.05, 0) is 40.1 Å². The van der Waals surface area contributed by atoms with E-state index >= 15 is 0 Å².